The Kier molecular flexibility index (Phi) is 11.5. The van der Waals surface area contributed by atoms with Crippen molar-refractivity contribution in [1.82, 2.24) is 0 Å². The molecular weight excluding hydrogens is 270 g/mol. The number of allylic oxidation sites excluding steroid dienone is 1. The Morgan fingerprint density at radius 1 is 1.19 bits per heavy atom. The van der Waals surface area contributed by atoms with Crippen LogP contribution in [-0.4, -0.2) is 24.5 Å². The first-order valence-corrected chi connectivity index (χ1v) is 7.93. The van der Waals surface area contributed by atoms with E-state index in [-0.39, 0.29) is 23.3 Å². The molecule has 21 heavy (non-hydrogen) atoms. The standard InChI is InChI=1S/C16H29NO4/c1-4-6-8-10-15(13-17(19)20)14(9-7-5-2)11-12-16(18)21-3/h11-12,14-15H,4-10,13H2,1-3H3/b12-11+/t14-,15-/m1/s1. The number of hydrogen-bond acceptors (Lipinski definition) is 4. The van der Waals surface area contributed by atoms with Gasteiger partial charge in [-0.2, -0.15) is 0 Å². The van der Waals surface area contributed by atoms with Gasteiger partial charge in [0.05, 0.1) is 7.11 Å². The lowest BCUT2D eigenvalue weighted by molar-refractivity contribution is -0.489. The Hall–Kier alpha value is -1.39. The molecule has 0 fully saturated rings. The number of hydrogen-bond donors (Lipinski definition) is 0. The second-order valence-electron chi connectivity index (χ2n) is 5.46. The molecule has 0 aromatic carbocycles. The quantitative estimate of drug-likeness (QED) is 0.179. The third-order valence-electron chi connectivity index (χ3n) is 3.74. The summed E-state index contributed by atoms with van der Waals surface area (Å²) in [6, 6.07) is 0. The Labute approximate surface area is 127 Å². The number of nitrogens with zero attached hydrogens (tertiary/aromatic N) is 1. The van der Waals surface area contributed by atoms with Crippen LogP contribution in [0.15, 0.2) is 12.2 Å². The first-order valence-electron chi connectivity index (χ1n) is 7.93. The molecule has 5 heteroatoms. The molecule has 0 rings (SSSR count). The predicted molar refractivity (Wildman–Crippen MR) is 83.7 cm³/mol. The fourth-order valence-electron chi connectivity index (χ4n) is 2.49. The summed E-state index contributed by atoms with van der Waals surface area (Å²) in [7, 11) is 1.34. The van der Waals surface area contributed by atoms with E-state index in [4.69, 9.17) is 0 Å². The third kappa shape index (κ3) is 10.0. The van der Waals surface area contributed by atoms with Gasteiger partial charge < -0.3 is 4.74 Å². The minimum absolute atomic E-state index is 0.000920. The van der Waals surface area contributed by atoms with Gasteiger partial charge in [0, 0.05) is 16.9 Å². The van der Waals surface area contributed by atoms with E-state index in [1.54, 1.807) is 0 Å². The lowest BCUT2D eigenvalue weighted by Gasteiger charge is -2.21. The molecule has 0 aromatic rings. The number of rotatable bonds is 12. The molecule has 0 saturated carbocycles. The molecule has 0 radical (unpaired) electrons. The largest absolute Gasteiger partial charge is 0.466 e. The van der Waals surface area contributed by atoms with Gasteiger partial charge in [-0.05, 0) is 18.8 Å². The smallest absolute Gasteiger partial charge is 0.330 e. The van der Waals surface area contributed by atoms with Crippen molar-refractivity contribution in [2.75, 3.05) is 13.7 Å². The van der Waals surface area contributed by atoms with Crippen LogP contribution in [0.4, 0.5) is 0 Å². The number of ether oxygens (including phenoxy) is 1. The molecule has 0 heterocycles. The number of nitro groups is 1. The fourth-order valence-corrected chi connectivity index (χ4v) is 2.49. The van der Waals surface area contributed by atoms with Crippen LogP contribution >= 0.6 is 0 Å². The van der Waals surface area contributed by atoms with Crippen LogP contribution in [0, 0.1) is 22.0 Å². The van der Waals surface area contributed by atoms with Gasteiger partial charge in [0.2, 0.25) is 6.54 Å². The Balaban J connectivity index is 4.82. The topological polar surface area (TPSA) is 69.4 Å². The van der Waals surface area contributed by atoms with Gasteiger partial charge in [-0.25, -0.2) is 4.79 Å². The summed E-state index contributed by atoms with van der Waals surface area (Å²) < 4.78 is 4.60. The number of carbonyl (C=O) groups excluding carboxylic acids is 1. The molecule has 0 spiro atoms. The first kappa shape index (κ1) is 19.6. The summed E-state index contributed by atoms with van der Waals surface area (Å²) in [6.07, 6.45) is 10.2. The van der Waals surface area contributed by atoms with Gasteiger partial charge >= 0.3 is 5.97 Å². The van der Waals surface area contributed by atoms with Crippen LogP contribution < -0.4 is 0 Å². The monoisotopic (exact) mass is 299 g/mol. The zero-order chi connectivity index (χ0) is 16.1. The van der Waals surface area contributed by atoms with Crippen LogP contribution in [-0.2, 0) is 9.53 Å². The maximum Gasteiger partial charge on any atom is 0.330 e. The van der Waals surface area contributed by atoms with Crippen LogP contribution in [0.5, 0.6) is 0 Å². The van der Waals surface area contributed by atoms with Gasteiger partial charge in [-0.1, -0.05) is 52.0 Å². The SMILES string of the molecule is CCCCC[C@H](C[N+](=O)[O-])[C@@H](/C=C/C(=O)OC)CCCC. The highest BCUT2D eigenvalue weighted by molar-refractivity contribution is 5.81. The number of unbranched alkanes of at least 4 members (excludes halogenated alkanes) is 3. The zero-order valence-electron chi connectivity index (χ0n) is 13.5. The molecule has 0 bridgehead atoms. The fraction of sp³-hybridized carbons (Fsp3) is 0.812. The Morgan fingerprint density at radius 3 is 2.38 bits per heavy atom. The van der Waals surface area contributed by atoms with Gasteiger partial charge in [0.15, 0.2) is 0 Å². The van der Waals surface area contributed by atoms with E-state index in [1.807, 2.05) is 6.08 Å². The molecule has 2 atom stereocenters. The summed E-state index contributed by atoms with van der Waals surface area (Å²) in [4.78, 5) is 21.9. The van der Waals surface area contributed by atoms with E-state index in [0.29, 0.717) is 0 Å². The van der Waals surface area contributed by atoms with Crippen molar-refractivity contribution in [3.63, 3.8) is 0 Å². The minimum Gasteiger partial charge on any atom is -0.466 e. The molecule has 0 unspecified atom stereocenters. The number of esters is 1. The van der Waals surface area contributed by atoms with Crippen molar-refractivity contribution in [3.8, 4) is 0 Å². The first-order chi connectivity index (χ1) is 10.0. The van der Waals surface area contributed by atoms with E-state index in [1.165, 1.54) is 13.2 Å². The van der Waals surface area contributed by atoms with E-state index in [9.17, 15) is 14.9 Å². The van der Waals surface area contributed by atoms with Crippen molar-refractivity contribution in [2.24, 2.45) is 11.8 Å². The van der Waals surface area contributed by atoms with Gasteiger partial charge in [0.25, 0.3) is 0 Å². The van der Waals surface area contributed by atoms with Gasteiger partial charge in [-0.15, -0.1) is 0 Å². The van der Waals surface area contributed by atoms with Crippen molar-refractivity contribution in [3.05, 3.63) is 22.3 Å². The molecule has 0 N–H and O–H groups in total. The molecule has 0 saturated heterocycles. The summed E-state index contributed by atoms with van der Waals surface area (Å²) in [5.41, 5.74) is 0. The molecule has 122 valence electrons. The van der Waals surface area contributed by atoms with Gasteiger partial charge in [0.1, 0.15) is 0 Å². The average Bonchev–Trinajstić information content (AvgIpc) is 2.46. The van der Waals surface area contributed by atoms with Crippen molar-refractivity contribution in [2.45, 2.75) is 58.8 Å². The lowest BCUT2D eigenvalue weighted by Crippen LogP contribution is -2.22. The maximum absolute atomic E-state index is 11.3. The van der Waals surface area contributed by atoms with Gasteiger partial charge in [-0.3, -0.25) is 10.1 Å². The normalized spacial score (nSPS) is 14.0. The average molecular weight is 299 g/mol. The third-order valence-corrected chi connectivity index (χ3v) is 3.74. The number of methoxy groups -OCH3 is 1. The molecule has 0 aliphatic rings. The summed E-state index contributed by atoms with van der Waals surface area (Å²) >= 11 is 0. The highest BCUT2D eigenvalue weighted by atomic mass is 16.6. The van der Waals surface area contributed by atoms with Crippen LogP contribution in [0.3, 0.4) is 0 Å². The summed E-state index contributed by atoms with van der Waals surface area (Å²) in [5.74, 6) is -0.324. The highest BCUT2D eigenvalue weighted by Gasteiger charge is 2.23. The van der Waals surface area contributed by atoms with Crippen molar-refractivity contribution in [1.29, 1.82) is 0 Å². The molecule has 0 amide bonds. The zero-order valence-corrected chi connectivity index (χ0v) is 13.5. The van der Waals surface area contributed by atoms with E-state index < -0.39 is 5.97 Å². The Bertz CT molecular complexity index is 328. The summed E-state index contributed by atoms with van der Waals surface area (Å²) in [5, 5.41) is 10.9. The van der Waals surface area contributed by atoms with Crippen LogP contribution in [0.1, 0.15) is 58.8 Å². The molecular formula is C16H29NO4. The second kappa shape index (κ2) is 12.4. The predicted octanol–water partition coefficient (Wildman–Crippen LogP) is 4.00. The lowest BCUT2D eigenvalue weighted by atomic mass is 9.84. The minimum atomic E-state index is -0.398. The molecule has 5 nitrogen and oxygen atoms in total. The van der Waals surface area contributed by atoms with Crippen molar-refractivity contribution >= 4 is 5.97 Å². The molecule has 0 aromatic heterocycles. The van der Waals surface area contributed by atoms with E-state index in [0.717, 1.165) is 44.9 Å². The van der Waals surface area contributed by atoms with Crippen molar-refractivity contribution < 1.29 is 14.5 Å². The van der Waals surface area contributed by atoms with Crippen LogP contribution in [0.2, 0.25) is 0 Å². The summed E-state index contributed by atoms with van der Waals surface area (Å²) in [6.45, 7) is 4.19. The Morgan fingerprint density at radius 2 is 1.86 bits per heavy atom. The van der Waals surface area contributed by atoms with Crippen LogP contribution in [0.25, 0.3) is 0 Å². The van der Waals surface area contributed by atoms with E-state index in [2.05, 4.69) is 18.6 Å². The second-order valence-corrected chi connectivity index (χ2v) is 5.46. The highest BCUT2D eigenvalue weighted by Crippen LogP contribution is 2.26. The molecule has 0 aliphatic carbocycles. The maximum atomic E-state index is 11.3. The molecule has 0 aliphatic heterocycles. The number of carbonyl (C=O) groups is 1. The van der Waals surface area contributed by atoms with E-state index >= 15 is 0 Å².